The smallest absolute Gasteiger partial charge is 0.129 e. The average molecular weight is 231 g/mol. The molecule has 1 aromatic heterocycles. The van der Waals surface area contributed by atoms with E-state index in [2.05, 4.69) is 4.98 Å². The third-order valence-corrected chi connectivity index (χ3v) is 2.25. The van der Waals surface area contributed by atoms with Crippen molar-refractivity contribution in [1.29, 1.82) is 0 Å². The Morgan fingerprint density at radius 2 is 1.87 bits per heavy atom. The molecule has 0 atom stereocenters. The molecule has 15 heavy (non-hydrogen) atoms. The van der Waals surface area contributed by atoms with E-state index in [9.17, 15) is 0 Å². The summed E-state index contributed by atoms with van der Waals surface area (Å²) in [6, 6.07) is 3.62. The largest absolute Gasteiger partial charge is 0.395 e. The fraction of sp³-hybridized carbons (Fsp3) is 0.500. The second-order valence-electron chi connectivity index (χ2n) is 3.21. The molecule has 0 aliphatic rings. The van der Waals surface area contributed by atoms with E-state index in [0.717, 1.165) is 5.56 Å². The molecule has 0 fully saturated rings. The van der Waals surface area contributed by atoms with E-state index in [-0.39, 0.29) is 13.2 Å². The molecule has 1 aromatic rings. The first-order valence-corrected chi connectivity index (χ1v) is 5.18. The number of halogens is 1. The first-order valence-electron chi connectivity index (χ1n) is 4.80. The Balaban J connectivity index is 2.53. The maximum absolute atomic E-state index is 8.83. The van der Waals surface area contributed by atoms with Crippen LogP contribution >= 0.6 is 11.6 Å². The Hall–Kier alpha value is -0.680. The molecule has 0 spiro atoms. The van der Waals surface area contributed by atoms with Gasteiger partial charge in [0.2, 0.25) is 0 Å². The van der Waals surface area contributed by atoms with Crippen LogP contribution in [0.3, 0.4) is 0 Å². The van der Waals surface area contributed by atoms with Crippen LogP contribution in [-0.4, -0.2) is 46.4 Å². The van der Waals surface area contributed by atoms with Crippen molar-refractivity contribution in [1.82, 2.24) is 9.88 Å². The fourth-order valence-electron chi connectivity index (χ4n) is 1.31. The van der Waals surface area contributed by atoms with Crippen LogP contribution in [0.1, 0.15) is 5.56 Å². The molecule has 0 saturated carbocycles. The zero-order valence-electron chi connectivity index (χ0n) is 8.43. The van der Waals surface area contributed by atoms with Gasteiger partial charge in [0, 0.05) is 25.8 Å². The van der Waals surface area contributed by atoms with Gasteiger partial charge in [0.05, 0.1) is 13.2 Å². The molecule has 0 bridgehead atoms. The minimum absolute atomic E-state index is 0.0843. The van der Waals surface area contributed by atoms with Gasteiger partial charge in [0.25, 0.3) is 0 Å². The monoisotopic (exact) mass is 230 g/mol. The van der Waals surface area contributed by atoms with Gasteiger partial charge in [-0.3, -0.25) is 4.90 Å². The predicted octanol–water partition coefficient (Wildman–Crippen LogP) is 0.522. The number of aromatic nitrogens is 1. The minimum atomic E-state index is 0.0843. The lowest BCUT2D eigenvalue weighted by Crippen LogP contribution is -2.29. The fourth-order valence-corrected chi connectivity index (χ4v) is 1.42. The number of hydrogen-bond acceptors (Lipinski definition) is 4. The van der Waals surface area contributed by atoms with E-state index in [1.165, 1.54) is 0 Å². The van der Waals surface area contributed by atoms with Gasteiger partial charge in [0.15, 0.2) is 0 Å². The summed E-state index contributed by atoms with van der Waals surface area (Å²) in [7, 11) is 0. The van der Waals surface area contributed by atoms with Crippen molar-refractivity contribution in [2.24, 2.45) is 0 Å². The van der Waals surface area contributed by atoms with Crippen LogP contribution in [0.4, 0.5) is 0 Å². The molecule has 0 aliphatic heterocycles. The van der Waals surface area contributed by atoms with Crippen LogP contribution in [0, 0.1) is 0 Å². The van der Waals surface area contributed by atoms with Crippen molar-refractivity contribution in [3.05, 3.63) is 29.0 Å². The number of rotatable bonds is 6. The Bertz CT molecular complexity index is 273. The summed E-state index contributed by atoms with van der Waals surface area (Å²) in [5.41, 5.74) is 1.02. The van der Waals surface area contributed by atoms with E-state index >= 15 is 0 Å². The van der Waals surface area contributed by atoms with Crippen molar-refractivity contribution in [3.8, 4) is 0 Å². The van der Waals surface area contributed by atoms with E-state index in [0.29, 0.717) is 24.8 Å². The highest BCUT2D eigenvalue weighted by Crippen LogP contribution is 2.07. The summed E-state index contributed by atoms with van der Waals surface area (Å²) in [5, 5.41) is 18.1. The summed E-state index contributed by atoms with van der Waals surface area (Å²) in [5.74, 6) is 0. The van der Waals surface area contributed by atoms with Gasteiger partial charge in [-0.05, 0) is 11.6 Å². The first-order chi connectivity index (χ1) is 7.26. The van der Waals surface area contributed by atoms with Crippen LogP contribution in [0.15, 0.2) is 18.3 Å². The van der Waals surface area contributed by atoms with Crippen molar-refractivity contribution in [2.75, 3.05) is 26.3 Å². The third kappa shape index (κ3) is 4.57. The highest BCUT2D eigenvalue weighted by molar-refractivity contribution is 6.29. The van der Waals surface area contributed by atoms with Gasteiger partial charge in [-0.2, -0.15) is 0 Å². The summed E-state index contributed by atoms with van der Waals surface area (Å²) >= 11 is 5.67. The number of hydrogen-bond donors (Lipinski definition) is 2. The molecule has 1 rings (SSSR count). The summed E-state index contributed by atoms with van der Waals surface area (Å²) in [6.07, 6.45) is 1.70. The highest BCUT2D eigenvalue weighted by atomic mass is 35.5. The normalized spacial score (nSPS) is 10.9. The maximum Gasteiger partial charge on any atom is 0.129 e. The topological polar surface area (TPSA) is 56.6 Å². The number of aliphatic hydroxyl groups is 2. The van der Waals surface area contributed by atoms with Gasteiger partial charge >= 0.3 is 0 Å². The Kier molecular flexibility index (Phi) is 5.57. The van der Waals surface area contributed by atoms with Crippen molar-refractivity contribution < 1.29 is 10.2 Å². The Labute approximate surface area is 94.1 Å². The minimum Gasteiger partial charge on any atom is -0.395 e. The molecule has 2 N–H and O–H groups in total. The van der Waals surface area contributed by atoms with Gasteiger partial charge in [-0.25, -0.2) is 4.98 Å². The van der Waals surface area contributed by atoms with Crippen LogP contribution in [0.25, 0.3) is 0 Å². The second kappa shape index (κ2) is 6.74. The molecule has 0 unspecified atom stereocenters. The number of nitrogens with zero attached hydrogens (tertiary/aromatic N) is 2. The van der Waals surface area contributed by atoms with Crippen LogP contribution in [0.5, 0.6) is 0 Å². The third-order valence-electron chi connectivity index (χ3n) is 2.03. The quantitative estimate of drug-likeness (QED) is 0.700. The molecular formula is C10H15ClN2O2. The Morgan fingerprint density at radius 3 is 2.33 bits per heavy atom. The van der Waals surface area contributed by atoms with E-state index in [1.807, 2.05) is 11.0 Å². The molecule has 1 heterocycles. The van der Waals surface area contributed by atoms with Crippen LogP contribution in [0.2, 0.25) is 5.15 Å². The van der Waals surface area contributed by atoms with Crippen LogP contribution in [-0.2, 0) is 6.54 Å². The lowest BCUT2D eigenvalue weighted by molar-refractivity contribution is 0.156. The standard InChI is InChI=1S/C10H15ClN2O2/c11-10-2-1-9(7-12-10)8-13(3-5-14)4-6-15/h1-2,7,14-15H,3-6,8H2. The molecule has 0 radical (unpaired) electrons. The van der Waals surface area contributed by atoms with Gasteiger partial charge in [0.1, 0.15) is 5.15 Å². The van der Waals surface area contributed by atoms with E-state index in [4.69, 9.17) is 21.8 Å². The summed E-state index contributed by atoms with van der Waals surface area (Å²) < 4.78 is 0. The molecule has 0 amide bonds. The van der Waals surface area contributed by atoms with Crippen molar-refractivity contribution in [2.45, 2.75) is 6.54 Å². The SMILES string of the molecule is OCCN(CCO)Cc1ccc(Cl)nc1. The molecule has 5 heteroatoms. The predicted molar refractivity (Wildman–Crippen MR) is 58.7 cm³/mol. The van der Waals surface area contributed by atoms with Crippen molar-refractivity contribution >= 4 is 11.6 Å². The Morgan fingerprint density at radius 1 is 1.20 bits per heavy atom. The lowest BCUT2D eigenvalue weighted by atomic mass is 10.2. The molecule has 84 valence electrons. The second-order valence-corrected chi connectivity index (χ2v) is 3.60. The van der Waals surface area contributed by atoms with Crippen LogP contribution < -0.4 is 0 Å². The molecule has 0 aliphatic carbocycles. The van der Waals surface area contributed by atoms with E-state index < -0.39 is 0 Å². The summed E-state index contributed by atoms with van der Waals surface area (Å²) in [4.78, 5) is 5.92. The summed E-state index contributed by atoms with van der Waals surface area (Å²) in [6.45, 7) is 1.92. The highest BCUT2D eigenvalue weighted by Gasteiger charge is 2.04. The van der Waals surface area contributed by atoms with Gasteiger partial charge < -0.3 is 10.2 Å². The van der Waals surface area contributed by atoms with Gasteiger partial charge in [-0.15, -0.1) is 0 Å². The number of pyridine rings is 1. The van der Waals surface area contributed by atoms with Crippen molar-refractivity contribution in [3.63, 3.8) is 0 Å². The first kappa shape index (κ1) is 12.4. The average Bonchev–Trinajstić information content (AvgIpc) is 2.22. The van der Waals surface area contributed by atoms with Gasteiger partial charge in [-0.1, -0.05) is 17.7 Å². The zero-order valence-corrected chi connectivity index (χ0v) is 9.19. The zero-order chi connectivity index (χ0) is 11.1. The number of aliphatic hydroxyl groups excluding tert-OH is 2. The molecule has 0 aromatic carbocycles. The lowest BCUT2D eigenvalue weighted by Gasteiger charge is -2.19. The molecular weight excluding hydrogens is 216 g/mol. The molecule has 4 nitrogen and oxygen atoms in total. The maximum atomic E-state index is 8.83. The molecule has 0 saturated heterocycles. The van der Waals surface area contributed by atoms with E-state index in [1.54, 1.807) is 12.3 Å².